The van der Waals surface area contributed by atoms with Crippen LogP contribution in [0.3, 0.4) is 0 Å². The van der Waals surface area contributed by atoms with Crippen LogP contribution < -0.4 is 28.5 Å². The van der Waals surface area contributed by atoms with Gasteiger partial charge in [0.1, 0.15) is 18.1 Å². The second-order valence-electron chi connectivity index (χ2n) is 4.45. The molecule has 0 aliphatic rings. The third-order valence-corrected chi connectivity index (χ3v) is 3.02. The third-order valence-electron chi connectivity index (χ3n) is 3.02. The molecule has 0 aliphatic heterocycles. The molecule has 2 aromatic rings. The second kappa shape index (κ2) is 8.29. The van der Waals surface area contributed by atoms with Gasteiger partial charge >= 0.3 is 0 Å². The lowest BCUT2D eigenvalue weighted by atomic mass is 10.2. The molecule has 1 heterocycles. The summed E-state index contributed by atoms with van der Waals surface area (Å²) in [6, 6.07) is 10.4. The summed E-state index contributed by atoms with van der Waals surface area (Å²) in [4.78, 5) is 0. The Kier molecular flexibility index (Phi) is 7.01. The summed E-state index contributed by atoms with van der Waals surface area (Å²) < 4.78 is 4.43. The van der Waals surface area contributed by atoms with E-state index >= 15 is 0 Å². The molecule has 18 heavy (non-hydrogen) atoms. The summed E-state index contributed by atoms with van der Waals surface area (Å²) in [5.41, 5.74) is 1.22. The number of hydrogen-bond acceptors (Lipinski definition) is 0. The van der Waals surface area contributed by atoms with E-state index < -0.39 is 0 Å². The number of aromatic nitrogens is 2. The lowest BCUT2D eigenvalue weighted by Gasteiger charge is -1.96. The molecule has 1 aromatic heterocycles. The minimum Gasteiger partial charge on any atom is -1.00 e. The fraction of sp³-hybridized carbons (Fsp3) is 0.400. The van der Waals surface area contributed by atoms with Gasteiger partial charge in [0.25, 0.3) is 0 Å². The number of para-hydroxylation sites is 1. The predicted molar refractivity (Wildman–Crippen MR) is 70.1 cm³/mol. The quantitative estimate of drug-likeness (QED) is 0.401. The summed E-state index contributed by atoms with van der Waals surface area (Å²) >= 11 is 0. The van der Waals surface area contributed by atoms with Gasteiger partial charge in [-0.05, 0) is 25.0 Å². The Balaban J connectivity index is 0.00000162. The molecule has 0 aliphatic carbocycles. The summed E-state index contributed by atoms with van der Waals surface area (Å²) in [5, 5.41) is 0. The molecule has 0 unspecified atom stereocenters. The summed E-state index contributed by atoms with van der Waals surface area (Å²) in [7, 11) is 0. The van der Waals surface area contributed by atoms with Crippen molar-refractivity contribution in [1.29, 1.82) is 0 Å². The minimum absolute atomic E-state index is 0. The van der Waals surface area contributed by atoms with Crippen LogP contribution in [0.4, 0.5) is 0 Å². The van der Waals surface area contributed by atoms with E-state index in [2.05, 4.69) is 59.0 Å². The van der Waals surface area contributed by atoms with Crippen molar-refractivity contribution in [1.82, 2.24) is 4.57 Å². The monoisotopic (exact) mass is 356 g/mol. The number of aryl methyl sites for hydroxylation is 1. The predicted octanol–water partition coefficient (Wildman–Crippen LogP) is 0.349. The van der Waals surface area contributed by atoms with E-state index in [4.69, 9.17) is 0 Å². The van der Waals surface area contributed by atoms with Crippen molar-refractivity contribution in [2.45, 2.75) is 39.2 Å². The SMILES string of the molecule is CCCCCC[n+]1ccn(-c2ccccc2)c1.[I-]. The van der Waals surface area contributed by atoms with Crippen LogP contribution in [0.2, 0.25) is 0 Å². The maximum Gasteiger partial charge on any atom is 0.248 e. The molecule has 0 radical (unpaired) electrons. The van der Waals surface area contributed by atoms with E-state index in [0.717, 1.165) is 6.54 Å². The van der Waals surface area contributed by atoms with Gasteiger partial charge in [-0.3, -0.25) is 0 Å². The van der Waals surface area contributed by atoms with E-state index in [1.165, 1.54) is 31.4 Å². The van der Waals surface area contributed by atoms with Crippen LogP contribution in [0.25, 0.3) is 5.69 Å². The average Bonchev–Trinajstić information content (AvgIpc) is 2.85. The third kappa shape index (κ3) is 4.44. The lowest BCUT2D eigenvalue weighted by molar-refractivity contribution is -0.696. The van der Waals surface area contributed by atoms with Crippen LogP contribution in [0.1, 0.15) is 32.6 Å². The number of rotatable bonds is 6. The molecule has 2 rings (SSSR count). The molecule has 0 fully saturated rings. The van der Waals surface area contributed by atoms with Crippen LogP contribution in [-0.2, 0) is 6.54 Å². The van der Waals surface area contributed by atoms with Gasteiger partial charge in [0.05, 0.1) is 6.54 Å². The van der Waals surface area contributed by atoms with Gasteiger partial charge in [-0.2, -0.15) is 0 Å². The van der Waals surface area contributed by atoms with Crippen molar-refractivity contribution in [2.75, 3.05) is 0 Å². The van der Waals surface area contributed by atoms with Crippen molar-refractivity contribution < 1.29 is 28.5 Å². The van der Waals surface area contributed by atoms with Gasteiger partial charge in [-0.15, -0.1) is 0 Å². The number of halogens is 1. The molecule has 3 heteroatoms. The second-order valence-corrected chi connectivity index (χ2v) is 4.45. The van der Waals surface area contributed by atoms with Gasteiger partial charge in [0.15, 0.2) is 0 Å². The lowest BCUT2D eigenvalue weighted by Crippen LogP contribution is -3.00. The molecule has 0 atom stereocenters. The van der Waals surface area contributed by atoms with E-state index in [1.54, 1.807) is 0 Å². The van der Waals surface area contributed by atoms with Gasteiger partial charge in [0.2, 0.25) is 6.33 Å². The van der Waals surface area contributed by atoms with Gasteiger partial charge in [-0.1, -0.05) is 38.0 Å². The smallest absolute Gasteiger partial charge is 0.248 e. The number of benzene rings is 1. The molecule has 2 nitrogen and oxygen atoms in total. The molecule has 0 spiro atoms. The molecular weight excluding hydrogens is 335 g/mol. The van der Waals surface area contributed by atoms with E-state index in [0.29, 0.717) is 0 Å². The average molecular weight is 356 g/mol. The standard InChI is InChI=1S/C15H21N2.HI/c1-2-3-4-8-11-16-12-13-17(14-16)15-9-6-5-7-10-15;/h5-7,9-10,12-14H,2-4,8,11H2,1H3;1H/q+1;/p-1. The highest BCUT2D eigenvalue weighted by molar-refractivity contribution is 5.30. The first-order valence-corrected chi connectivity index (χ1v) is 6.52. The van der Waals surface area contributed by atoms with Crippen LogP contribution in [0, 0.1) is 0 Å². The highest BCUT2D eigenvalue weighted by atomic mass is 127. The maximum absolute atomic E-state index is 2.27. The molecule has 0 saturated carbocycles. The number of imidazole rings is 1. The zero-order valence-corrected chi connectivity index (χ0v) is 13.1. The molecule has 1 aromatic carbocycles. The first kappa shape index (κ1) is 15.2. The minimum atomic E-state index is 0. The first-order valence-electron chi connectivity index (χ1n) is 6.52. The normalized spacial score (nSPS) is 10.1. The Hall–Kier alpha value is -0.840. The number of unbranched alkanes of at least 4 members (excludes halogenated alkanes) is 3. The van der Waals surface area contributed by atoms with E-state index in [1.807, 2.05) is 6.07 Å². The van der Waals surface area contributed by atoms with Crippen molar-refractivity contribution in [2.24, 2.45) is 0 Å². The highest BCUT2D eigenvalue weighted by Crippen LogP contribution is 2.05. The van der Waals surface area contributed by atoms with E-state index in [-0.39, 0.29) is 24.0 Å². The molecule has 0 N–H and O–H groups in total. The Bertz CT molecular complexity index is 437. The van der Waals surface area contributed by atoms with Crippen molar-refractivity contribution >= 4 is 0 Å². The molecule has 0 amide bonds. The van der Waals surface area contributed by atoms with Crippen LogP contribution >= 0.6 is 0 Å². The molecule has 98 valence electrons. The number of nitrogens with zero attached hydrogens (tertiary/aromatic N) is 2. The largest absolute Gasteiger partial charge is 1.00 e. The summed E-state index contributed by atoms with van der Waals surface area (Å²) in [5.74, 6) is 0. The first-order chi connectivity index (χ1) is 8.40. The van der Waals surface area contributed by atoms with E-state index in [9.17, 15) is 0 Å². The Morgan fingerprint density at radius 3 is 2.56 bits per heavy atom. The van der Waals surface area contributed by atoms with Crippen LogP contribution in [0.5, 0.6) is 0 Å². The van der Waals surface area contributed by atoms with Crippen molar-refractivity contribution in [3.05, 3.63) is 49.1 Å². The zero-order valence-electron chi connectivity index (χ0n) is 10.9. The van der Waals surface area contributed by atoms with Crippen LogP contribution in [0.15, 0.2) is 49.1 Å². The molecular formula is C15H21IN2. The topological polar surface area (TPSA) is 8.81 Å². The highest BCUT2D eigenvalue weighted by Gasteiger charge is 2.04. The van der Waals surface area contributed by atoms with Gasteiger partial charge in [-0.25, -0.2) is 9.13 Å². The Labute approximate surface area is 127 Å². The zero-order chi connectivity index (χ0) is 11.9. The number of hydrogen-bond donors (Lipinski definition) is 0. The van der Waals surface area contributed by atoms with Crippen LogP contribution in [-0.4, -0.2) is 4.57 Å². The molecule has 0 saturated heterocycles. The fourth-order valence-corrected chi connectivity index (χ4v) is 2.00. The van der Waals surface area contributed by atoms with Gasteiger partial charge in [0, 0.05) is 0 Å². The Morgan fingerprint density at radius 1 is 1.06 bits per heavy atom. The Morgan fingerprint density at radius 2 is 1.83 bits per heavy atom. The fourth-order valence-electron chi connectivity index (χ4n) is 2.00. The summed E-state index contributed by atoms with van der Waals surface area (Å²) in [6.45, 7) is 3.37. The van der Waals surface area contributed by atoms with Gasteiger partial charge < -0.3 is 24.0 Å². The van der Waals surface area contributed by atoms with Crippen molar-refractivity contribution in [3.63, 3.8) is 0 Å². The summed E-state index contributed by atoms with van der Waals surface area (Å²) in [6.07, 6.45) is 11.7. The van der Waals surface area contributed by atoms with Crippen molar-refractivity contribution in [3.8, 4) is 5.69 Å². The maximum atomic E-state index is 2.27. The molecule has 0 bridgehead atoms.